The Morgan fingerprint density at radius 2 is 1.74 bits per heavy atom. The quantitative estimate of drug-likeness (QED) is 0.642. The number of hydrogen-bond acceptors (Lipinski definition) is 5. The van der Waals surface area contributed by atoms with Gasteiger partial charge in [0.2, 0.25) is 0 Å². The molecule has 3 aliphatic rings. The maximum Gasteiger partial charge on any atom is 0.327 e. The van der Waals surface area contributed by atoms with Gasteiger partial charge in [-0.3, -0.25) is 15.1 Å². The fraction of sp³-hybridized carbons (Fsp3) is 0.462. The largest absolute Gasteiger partial charge is 0.327 e. The number of halogens is 1. The number of hydrogen-bond donors (Lipinski definition) is 2. The third-order valence-electron chi connectivity index (χ3n) is 7.77. The molecule has 180 valence electrons. The van der Waals surface area contributed by atoms with Crippen LogP contribution in [0.25, 0.3) is 0 Å². The number of nitrogens with zero attached hydrogens (tertiary/aromatic N) is 3. The van der Waals surface area contributed by atoms with Crippen LogP contribution in [-0.2, 0) is 11.2 Å². The molecule has 2 unspecified atom stereocenters. The van der Waals surface area contributed by atoms with Crippen LogP contribution in [0.3, 0.4) is 0 Å². The van der Waals surface area contributed by atoms with E-state index in [9.17, 15) is 14.0 Å². The summed E-state index contributed by atoms with van der Waals surface area (Å²) in [5.41, 5.74) is 8.02. The van der Waals surface area contributed by atoms with Crippen molar-refractivity contribution in [2.75, 3.05) is 39.8 Å². The zero-order valence-electron chi connectivity index (χ0n) is 19.5. The fourth-order valence-electron chi connectivity index (χ4n) is 5.65. The number of likely N-dealkylation sites (N-methyl/N-ethyl adjacent to an activating group) is 1. The normalized spacial score (nSPS) is 25.0. The number of amides is 3. The summed E-state index contributed by atoms with van der Waals surface area (Å²) in [6, 6.07) is 16.6. The van der Waals surface area contributed by atoms with E-state index in [2.05, 4.69) is 15.8 Å². The topological polar surface area (TPSA) is 67.9 Å². The Kier molecular flexibility index (Phi) is 6.38. The van der Waals surface area contributed by atoms with Crippen molar-refractivity contribution in [1.82, 2.24) is 25.6 Å². The van der Waals surface area contributed by atoms with Crippen molar-refractivity contribution in [3.05, 3.63) is 71.5 Å². The number of urea groups is 1. The minimum absolute atomic E-state index is 0.0519. The molecule has 2 aromatic rings. The fourth-order valence-corrected chi connectivity index (χ4v) is 5.65. The number of rotatable bonds is 6. The van der Waals surface area contributed by atoms with Gasteiger partial charge in [0.25, 0.3) is 5.91 Å². The highest BCUT2D eigenvalue weighted by Gasteiger charge is 2.56. The predicted octanol–water partition coefficient (Wildman–Crippen LogP) is 2.56. The lowest BCUT2D eigenvalue weighted by Crippen LogP contribution is -2.56. The Morgan fingerprint density at radius 1 is 1.03 bits per heavy atom. The number of likely N-dealkylation sites (tertiary alicyclic amines) is 1. The van der Waals surface area contributed by atoms with Gasteiger partial charge in [-0.1, -0.05) is 42.5 Å². The molecule has 2 N–H and O–H groups in total. The van der Waals surface area contributed by atoms with Crippen molar-refractivity contribution >= 4 is 11.9 Å². The van der Waals surface area contributed by atoms with Crippen LogP contribution < -0.4 is 10.9 Å². The summed E-state index contributed by atoms with van der Waals surface area (Å²) in [5.74, 6) is 0.0507. The van der Waals surface area contributed by atoms with Crippen LogP contribution in [0.1, 0.15) is 30.0 Å². The van der Waals surface area contributed by atoms with Crippen LogP contribution in [0.2, 0.25) is 0 Å². The first kappa shape index (κ1) is 23.0. The molecule has 34 heavy (non-hydrogen) atoms. The summed E-state index contributed by atoms with van der Waals surface area (Å²) in [4.78, 5) is 31.9. The molecule has 5 rings (SSSR count). The molecule has 0 saturated carbocycles. The van der Waals surface area contributed by atoms with Crippen LogP contribution in [0.4, 0.5) is 9.18 Å². The first-order chi connectivity index (χ1) is 16.5. The smallest absolute Gasteiger partial charge is 0.312 e. The molecule has 1 spiro atoms. The van der Waals surface area contributed by atoms with E-state index in [0.29, 0.717) is 31.7 Å². The average Bonchev–Trinajstić information content (AvgIpc) is 3.38. The molecule has 3 amide bonds. The second-order valence-corrected chi connectivity index (χ2v) is 9.68. The van der Waals surface area contributed by atoms with E-state index < -0.39 is 5.54 Å². The van der Waals surface area contributed by atoms with E-state index >= 15 is 0 Å². The monoisotopic (exact) mass is 465 g/mol. The van der Waals surface area contributed by atoms with Crippen molar-refractivity contribution in [2.24, 2.45) is 5.92 Å². The summed E-state index contributed by atoms with van der Waals surface area (Å²) < 4.78 is 13.3. The molecule has 0 aliphatic carbocycles. The van der Waals surface area contributed by atoms with Crippen molar-refractivity contribution in [3.63, 3.8) is 0 Å². The standard InChI is InChI=1S/C26H32FN5O2/c1-30-25(34)32(14-11-19-5-3-2-4-6-19)24(33)26(30)12-15-31(16-13-26)18-21-17-28-29-23(21)20-7-9-22(27)10-8-20/h2-10,21,23,28-29H,11-18H2,1H3. The van der Waals surface area contributed by atoms with Crippen LogP contribution >= 0.6 is 0 Å². The molecule has 7 nitrogen and oxygen atoms in total. The molecule has 0 radical (unpaired) electrons. The molecule has 3 saturated heterocycles. The highest BCUT2D eigenvalue weighted by molar-refractivity contribution is 6.07. The molecule has 2 aromatic carbocycles. The van der Waals surface area contributed by atoms with Gasteiger partial charge in [0.05, 0.1) is 6.04 Å². The van der Waals surface area contributed by atoms with Crippen molar-refractivity contribution < 1.29 is 14.0 Å². The molecule has 3 fully saturated rings. The third-order valence-corrected chi connectivity index (χ3v) is 7.77. The maximum atomic E-state index is 13.4. The minimum Gasteiger partial charge on any atom is -0.312 e. The molecular weight excluding hydrogens is 433 g/mol. The molecule has 3 aliphatic heterocycles. The van der Waals surface area contributed by atoms with E-state index in [4.69, 9.17) is 0 Å². The molecule has 3 heterocycles. The van der Waals surface area contributed by atoms with Crippen molar-refractivity contribution in [2.45, 2.75) is 30.8 Å². The van der Waals surface area contributed by atoms with E-state index in [1.54, 1.807) is 11.9 Å². The Balaban J connectivity index is 1.20. The van der Waals surface area contributed by atoms with Crippen LogP contribution in [0, 0.1) is 11.7 Å². The van der Waals surface area contributed by atoms with Gasteiger partial charge in [0, 0.05) is 45.7 Å². The van der Waals surface area contributed by atoms with Gasteiger partial charge in [0.15, 0.2) is 0 Å². The molecular formula is C26H32FN5O2. The lowest BCUT2D eigenvalue weighted by molar-refractivity contribution is -0.135. The number of piperidine rings is 1. The molecule has 0 aromatic heterocycles. The number of benzene rings is 2. The van der Waals surface area contributed by atoms with Gasteiger partial charge in [0.1, 0.15) is 11.4 Å². The molecule has 8 heteroatoms. The van der Waals surface area contributed by atoms with Gasteiger partial charge in [-0.15, -0.1) is 0 Å². The third kappa shape index (κ3) is 4.21. The summed E-state index contributed by atoms with van der Waals surface area (Å²) in [6.07, 6.45) is 1.95. The van der Waals surface area contributed by atoms with E-state index in [1.807, 2.05) is 42.5 Å². The highest BCUT2D eigenvalue weighted by Crippen LogP contribution is 2.37. The van der Waals surface area contributed by atoms with Gasteiger partial charge < -0.3 is 9.80 Å². The zero-order chi connectivity index (χ0) is 23.7. The lowest BCUT2D eigenvalue weighted by Gasteiger charge is -2.41. The number of hydrazine groups is 1. The maximum absolute atomic E-state index is 13.4. The SMILES string of the molecule is CN1C(=O)N(CCc2ccccc2)C(=O)C12CCN(CC1CNNC1c1ccc(F)cc1)CC2. The first-order valence-corrected chi connectivity index (χ1v) is 12.1. The Labute approximate surface area is 199 Å². The Morgan fingerprint density at radius 3 is 2.44 bits per heavy atom. The number of carbonyl (C=O) groups is 2. The Hall–Kier alpha value is -2.81. The second-order valence-electron chi connectivity index (χ2n) is 9.68. The molecule has 2 atom stereocenters. The predicted molar refractivity (Wildman–Crippen MR) is 127 cm³/mol. The van der Waals surface area contributed by atoms with Crippen LogP contribution in [0.5, 0.6) is 0 Å². The van der Waals surface area contributed by atoms with Gasteiger partial charge in [-0.05, 0) is 42.5 Å². The van der Waals surface area contributed by atoms with Gasteiger partial charge in [-0.25, -0.2) is 14.6 Å². The Bertz CT molecular complexity index is 1020. The molecule has 0 bridgehead atoms. The van der Waals surface area contributed by atoms with E-state index in [1.165, 1.54) is 17.0 Å². The first-order valence-electron chi connectivity index (χ1n) is 12.1. The average molecular weight is 466 g/mol. The number of carbonyl (C=O) groups excluding carboxylic acids is 2. The van der Waals surface area contributed by atoms with Crippen LogP contribution in [-0.4, -0.2) is 71.9 Å². The zero-order valence-corrected chi connectivity index (χ0v) is 19.5. The highest BCUT2D eigenvalue weighted by atomic mass is 19.1. The summed E-state index contributed by atoms with van der Waals surface area (Å²) in [7, 11) is 1.77. The second kappa shape index (κ2) is 9.44. The summed E-state index contributed by atoms with van der Waals surface area (Å²) in [6.45, 7) is 3.65. The van der Waals surface area contributed by atoms with Crippen LogP contribution in [0.15, 0.2) is 54.6 Å². The summed E-state index contributed by atoms with van der Waals surface area (Å²) >= 11 is 0. The van der Waals surface area contributed by atoms with Gasteiger partial charge >= 0.3 is 6.03 Å². The summed E-state index contributed by atoms with van der Waals surface area (Å²) in [5, 5.41) is 0. The van der Waals surface area contributed by atoms with Crippen molar-refractivity contribution in [1.29, 1.82) is 0 Å². The number of imide groups is 1. The van der Waals surface area contributed by atoms with E-state index in [0.717, 1.165) is 37.3 Å². The minimum atomic E-state index is -0.729. The lowest BCUT2D eigenvalue weighted by atomic mass is 9.85. The van der Waals surface area contributed by atoms with Crippen molar-refractivity contribution in [3.8, 4) is 0 Å². The number of nitrogens with one attached hydrogen (secondary N) is 2. The van der Waals surface area contributed by atoms with Gasteiger partial charge in [-0.2, -0.15) is 0 Å². The van der Waals surface area contributed by atoms with E-state index in [-0.39, 0.29) is 23.8 Å².